The van der Waals surface area contributed by atoms with E-state index >= 15 is 0 Å². The summed E-state index contributed by atoms with van der Waals surface area (Å²) < 4.78 is 5.07. The fourth-order valence-corrected chi connectivity index (χ4v) is 1.97. The van der Waals surface area contributed by atoms with E-state index in [4.69, 9.17) is 10.5 Å². The number of hydrogen-bond acceptors (Lipinski definition) is 6. The van der Waals surface area contributed by atoms with E-state index in [1.807, 2.05) is 30.3 Å². The van der Waals surface area contributed by atoms with Gasteiger partial charge in [0.1, 0.15) is 6.61 Å². The van der Waals surface area contributed by atoms with Gasteiger partial charge in [0.15, 0.2) is 0 Å². The van der Waals surface area contributed by atoms with Crippen LogP contribution in [0.25, 0.3) is 0 Å². The first-order chi connectivity index (χ1) is 12.0. The van der Waals surface area contributed by atoms with Crippen molar-refractivity contribution in [2.75, 3.05) is 5.32 Å². The molecular formula is C17H17N3O5. The van der Waals surface area contributed by atoms with Crippen molar-refractivity contribution in [3.8, 4) is 0 Å². The van der Waals surface area contributed by atoms with Crippen molar-refractivity contribution in [3.63, 3.8) is 0 Å². The molecule has 0 fully saturated rings. The fourth-order valence-electron chi connectivity index (χ4n) is 1.97. The van der Waals surface area contributed by atoms with E-state index in [-0.39, 0.29) is 18.7 Å². The number of carbonyl (C=O) groups is 2. The molecule has 0 aromatic heterocycles. The number of benzene rings is 2. The maximum atomic E-state index is 12.0. The molecule has 0 aliphatic carbocycles. The van der Waals surface area contributed by atoms with E-state index in [0.29, 0.717) is 5.69 Å². The Kier molecular flexibility index (Phi) is 6.19. The lowest BCUT2D eigenvalue weighted by atomic mass is 10.2. The predicted molar refractivity (Wildman–Crippen MR) is 90.6 cm³/mol. The molecule has 0 aliphatic rings. The smallest absolute Gasteiger partial charge is 0.308 e. The van der Waals surface area contributed by atoms with E-state index in [1.165, 1.54) is 24.3 Å². The van der Waals surface area contributed by atoms with Crippen LogP contribution in [0.3, 0.4) is 0 Å². The summed E-state index contributed by atoms with van der Waals surface area (Å²) in [6.07, 6.45) is -0.272. The Morgan fingerprint density at radius 1 is 1.12 bits per heavy atom. The number of nitro groups is 1. The molecule has 25 heavy (non-hydrogen) atoms. The Balaban J connectivity index is 1.81. The zero-order chi connectivity index (χ0) is 18.2. The summed E-state index contributed by atoms with van der Waals surface area (Å²) in [5.41, 5.74) is 6.78. The first-order valence-corrected chi connectivity index (χ1v) is 7.46. The number of ether oxygens (including phenoxy) is 1. The van der Waals surface area contributed by atoms with E-state index in [2.05, 4.69) is 5.32 Å². The molecule has 0 bridgehead atoms. The Labute approximate surface area is 143 Å². The largest absolute Gasteiger partial charge is 0.461 e. The van der Waals surface area contributed by atoms with Gasteiger partial charge in [-0.1, -0.05) is 30.3 Å². The molecule has 0 saturated carbocycles. The van der Waals surface area contributed by atoms with Crippen molar-refractivity contribution in [2.24, 2.45) is 5.73 Å². The summed E-state index contributed by atoms with van der Waals surface area (Å²) in [4.78, 5) is 33.7. The molecule has 8 nitrogen and oxygen atoms in total. The maximum absolute atomic E-state index is 12.0. The zero-order valence-electron chi connectivity index (χ0n) is 13.3. The molecule has 1 atom stereocenters. The number of nitrogens with one attached hydrogen (secondary N) is 1. The van der Waals surface area contributed by atoms with Gasteiger partial charge in [0, 0.05) is 17.8 Å². The van der Waals surface area contributed by atoms with E-state index in [9.17, 15) is 19.7 Å². The summed E-state index contributed by atoms with van der Waals surface area (Å²) in [5, 5.41) is 13.1. The minimum Gasteiger partial charge on any atom is -0.461 e. The molecule has 8 heteroatoms. The van der Waals surface area contributed by atoms with Gasteiger partial charge in [0.2, 0.25) is 5.91 Å². The van der Waals surface area contributed by atoms with Gasteiger partial charge in [0.05, 0.1) is 17.4 Å². The van der Waals surface area contributed by atoms with Gasteiger partial charge in [-0.3, -0.25) is 19.7 Å². The average Bonchev–Trinajstić information content (AvgIpc) is 2.61. The van der Waals surface area contributed by atoms with Crippen molar-refractivity contribution in [2.45, 2.75) is 19.1 Å². The highest BCUT2D eigenvalue weighted by molar-refractivity contribution is 5.96. The first-order valence-electron chi connectivity index (χ1n) is 7.46. The van der Waals surface area contributed by atoms with Gasteiger partial charge in [0.25, 0.3) is 5.69 Å². The number of carbonyl (C=O) groups excluding carboxylic acids is 2. The summed E-state index contributed by atoms with van der Waals surface area (Å²) in [7, 11) is 0. The number of hydrogen-bond donors (Lipinski definition) is 2. The molecule has 1 amide bonds. The van der Waals surface area contributed by atoms with Crippen LogP contribution in [0.4, 0.5) is 11.4 Å². The number of nitrogens with zero attached hydrogens (tertiary/aromatic N) is 1. The highest BCUT2D eigenvalue weighted by Crippen LogP contribution is 2.15. The maximum Gasteiger partial charge on any atom is 0.308 e. The molecule has 0 heterocycles. The quantitative estimate of drug-likeness (QED) is 0.450. The van der Waals surface area contributed by atoms with Crippen LogP contribution in [-0.4, -0.2) is 22.8 Å². The Morgan fingerprint density at radius 2 is 1.76 bits per heavy atom. The molecule has 2 aromatic rings. The number of anilines is 1. The predicted octanol–water partition coefficient (Wildman–Crippen LogP) is 1.99. The Hall–Kier alpha value is -3.26. The standard InChI is InChI=1S/C17H17N3O5/c18-15(10-16(21)25-11-12-4-2-1-3-5-12)17(22)19-13-6-8-14(9-7-13)20(23)24/h1-9,15H,10-11,18H2,(H,19,22). The van der Waals surface area contributed by atoms with Gasteiger partial charge in [-0.05, 0) is 17.7 Å². The Morgan fingerprint density at radius 3 is 2.36 bits per heavy atom. The molecule has 0 saturated heterocycles. The molecule has 2 rings (SSSR count). The molecule has 0 aliphatic heterocycles. The monoisotopic (exact) mass is 343 g/mol. The number of rotatable bonds is 7. The van der Waals surface area contributed by atoms with Crippen molar-refractivity contribution >= 4 is 23.3 Å². The molecule has 130 valence electrons. The van der Waals surface area contributed by atoms with Crippen LogP contribution in [0.1, 0.15) is 12.0 Å². The minimum atomic E-state index is -1.08. The summed E-state index contributed by atoms with van der Waals surface area (Å²) in [6.45, 7) is 0.108. The summed E-state index contributed by atoms with van der Waals surface area (Å²) >= 11 is 0. The minimum absolute atomic E-state index is 0.0909. The summed E-state index contributed by atoms with van der Waals surface area (Å²) in [6, 6.07) is 13.3. The highest BCUT2D eigenvalue weighted by atomic mass is 16.6. The van der Waals surface area contributed by atoms with Crippen LogP contribution < -0.4 is 11.1 Å². The molecule has 1 unspecified atom stereocenters. The van der Waals surface area contributed by atoms with Gasteiger partial charge in [-0.25, -0.2) is 0 Å². The molecular weight excluding hydrogens is 326 g/mol. The molecule has 0 radical (unpaired) electrons. The number of non-ortho nitro benzene ring substituents is 1. The first kappa shape index (κ1) is 18.1. The third-order valence-electron chi connectivity index (χ3n) is 3.31. The lowest BCUT2D eigenvalue weighted by Crippen LogP contribution is -2.37. The van der Waals surface area contributed by atoms with Crippen molar-refractivity contribution < 1.29 is 19.2 Å². The highest BCUT2D eigenvalue weighted by Gasteiger charge is 2.19. The van der Waals surface area contributed by atoms with E-state index in [1.54, 1.807) is 0 Å². The van der Waals surface area contributed by atoms with Crippen LogP contribution in [0, 0.1) is 10.1 Å². The lowest BCUT2D eigenvalue weighted by molar-refractivity contribution is -0.384. The molecule has 0 spiro atoms. The number of amides is 1. The van der Waals surface area contributed by atoms with Gasteiger partial charge < -0.3 is 15.8 Å². The number of esters is 1. The van der Waals surface area contributed by atoms with E-state index in [0.717, 1.165) is 5.56 Å². The summed E-state index contributed by atoms with van der Waals surface area (Å²) in [5.74, 6) is -1.17. The number of nitro benzene ring substituents is 1. The second-order valence-electron chi connectivity index (χ2n) is 5.25. The van der Waals surface area contributed by atoms with Crippen LogP contribution in [-0.2, 0) is 20.9 Å². The van der Waals surface area contributed by atoms with E-state index < -0.39 is 22.8 Å². The fraction of sp³-hybridized carbons (Fsp3) is 0.176. The lowest BCUT2D eigenvalue weighted by Gasteiger charge is -2.12. The van der Waals surface area contributed by atoms with Crippen molar-refractivity contribution in [1.82, 2.24) is 0 Å². The van der Waals surface area contributed by atoms with Gasteiger partial charge in [-0.2, -0.15) is 0 Å². The van der Waals surface area contributed by atoms with Crippen LogP contribution in [0.15, 0.2) is 54.6 Å². The third kappa shape index (κ3) is 5.70. The zero-order valence-corrected chi connectivity index (χ0v) is 13.3. The average molecular weight is 343 g/mol. The molecule has 2 aromatic carbocycles. The van der Waals surface area contributed by atoms with Crippen LogP contribution in [0.2, 0.25) is 0 Å². The Bertz CT molecular complexity index is 747. The van der Waals surface area contributed by atoms with Crippen LogP contribution in [0.5, 0.6) is 0 Å². The third-order valence-corrected chi connectivity index (χ3v) is 3.31. The van der Waals surface area contributed by atoms with Crippen LogP contribution >= 0.6 is 0 Å². The second-order valence-corrected chi connectivity index (χ2v) is 5.25. The second kappa shape index (κ2) is 8.55. The van der Waals surface area contributed by atoms with Gasteiger partial charge in [-0.15, -0.1) is 0 Å². The van der Waals surface area contributed by atoms with Crippen molar-refractivity contribution in [1.29, 1.82) is 0 Å². The number of nitrogens with two attached hydrogens (primary N) is 1. The van der Waals surface area contributed by atoms with Crippen molar-refractivity contribution in [3.05, 3.63) is 70.3 Å². The SMILES string of the molecule is NC(CC(=O)OCc1ccccc1)C(=O)Nc1ccc([N+](=O)[O-])cc1. The normalized spacial score (nSPS) is 11.4. The topological polar surface area (TPSA) is 125 Å². The van der Waals surface area contributed by atoms with Gasteiger partial charge >= 0.3 is 5.97 Å². The molecule has 3 N–H and O–H groups in total.